The highest BCUT2D eigenvalue weighted by molar-refractivity contribution is 5.99. The van der Waals surface area contributed by atoms with E-state index in [1.54, 1.807) is 47.5 Å². The van der Waals surface area contributed by atoms with Gasteiger partial charge in [0.1, 0.15) is 23.7 Å². The van der Waals surface area contributed by atoms with Gasteiger partial charge in [0.15, 0.2) is 11.9 Å². The first-order chi connectivity index (χ1) is 17.8. The Balaban J connectivity index is 1.11. The molecule has 5 heterocycles. The zero-order chi connectivity index (χ0) is 25.6. The summed E-state index contributed by atoms with van der Waals surface area (Å²) in [6.45, 7) is 4.83. The van der Waals surface area contributed by atoms with E-state index in [1.807, 2.05) is 13.8 Å². The van der Waals surface area contributed by atoms with E-state index in [1.165, 1.54) is 11.0 Å². The van der Waals surface area contributed by atoms with Crippen LogP contribution in [0.15, 0.2) is 54.1 Å². The van der Waals surface area contributed by atoms with Gasteiger partial charge in [-0.1, -0.05) is 16.4 Å². The number of nitrogens with zero attached hydrogens (tertiary/aromatic N) is 6. The largest absolute Gasteiger partial charge is 0.442 e. The van der Waals surface area contributed by atoms with Crippen molar-refractivity contribution in [2.24, 2.45) is 5.16 Å². The second-order valence-electron chi connectivity index (χ2n) is 9.59. The zero-order valence-electron chi connectivity index (χ0n) is 20.3. The van der Waals surface area contributed by atoms with Crippen LogP contribution in [0, 0.1) is 5.82 Å². The lowest BCUT2D eigenvalue weighted by atomic mass is 10.0. The van der Waals surface area contributed by atoms with Crippen molar-refractivity contribution in [2.75, 3.05) is 18.1 Å². The molecule has 11 nitrogen and oxygen atoms in total. The molecule has 0 N–H and O–H groups in total. The molecule has 1 amide bonds. The van der Waals surface area contributed by atoms with E-state index in [-0.39, 0.29) is 18.8 Å². The van der Waals surface area contributed by atoms with Crippen LogP contribution in [0.2, 0.25) is 0 Å². The van der Waals surface area contributed by atoms with Gasteiger partial charge in [-0.25, -0.2) is 13.9 Å². The lowest BCUT2D eigenvalue weighted by Crippen LogP contribution is -2.31. The van der Waals surface area contributed by atoms with Crippen molar-refractivity contribution < 1.29 is 28.2 Å². The monoisotopic (exact) mass is 508 g/mol. The number of hydrogen-bond acceptors (Lipinski definition) is 9. The number of carbonyl (C=O) groups is 1. The number of halogens is 1. The van der Waals surface area contributed by atoms with Gasteiger partial charge < -0.3 is 19.0 Å². The summed E-state index contributed by atoms with van der Waals surface area (Å²) in [6, 6.07) is 8.22. The fourth-order valence-electron chi connectivity index (χ4n) is 4.64. The molecule has 2 aromatic heterocycles. The van der Waals surface area contributed by atoms with Gasteiger partial charge in [0.25, 0.3) is 0 Å². The number of ether oxygens (including phenoxy) is 3. The maximum absolute atomic E-state index is 15.1. The van der Waals surface area contributed by atoms with Crippen LogP contribution < -0.4 is 4.90 Å². The van der Waals surface area contributed by atoms with Gasteiger partial charge in [-0.05, 0) is 38.1 Å². The Hall–Kier alpha value is -3.90. The Bertz CT molecular complexity index is 1330. The summed E-state index contributed by atoms with van der Waals surface area (Å²) in [5, 5.41) is 11.8. The zero-order valence-corrected chi connectivity index (χ0v) is 20.3. The molecule has 192 valence electrons. The van der Waals surface area contributed by atoms with Crippen molar-refractivity contribution in [3.63, 3.8) is 0 Å². The number of aromatic nitrogens is 4. The average Bonchev–Trinajstić information content (AvgIpc) is 3.67. The maximum atomic E-state index is 15.1. The van der Waals surface area contributed by atoms with E-state index in [4.69, 9.17) is 19.0 Å². The molecule has 6 rings (SSSR count). The van der Waals surface area contributed by atoms with Gasteiger partial charge in [0.2, 0.25) is 0 Å². The van der Waals surface area contributed by atoms with E-state index < -0.39 is 23.8 Å². The minimum absolute atomic E-state index is 0.200. The van der Waals surface area contributed by atoms with Crippen LogP contribution in [-0.4, -0.2) is 69.0 Å². The van der Waals surface area contributed by atoms with Crippen molar-refractivity contribution in [1.82, 2.24) is 20.0 Å². The topological polar surface area (TPSA) is 113 Å². The Morgan fingerprint density at radius 2 is 2.08 bits per heavy atom. The first-order valence-corrected chi connectivity index (χ1v) is 12.0. The number of cyclic esters (lactones) is 1. The molecule has 3 aliphatic rings. The van der Waals surface area contributed by atoms with Gasteiger partial charge in [-0.15, -0.1) is 5.10 Å². The molecule has 3 aliphatic heterocycles. The summed E-state index contributed by atoms with van der Waals surface area (Å²) in [4.78, 5) is 23.8. The van der Waals surface area contributed by atoms with E-state index in [0.717, 1.165) is 0 Å². The van der Waals surface area contributed by atoms with Crippen LogP contribution in [-0.2, 0) is 25.6 Å². The van der Waals surface area contributed by atoms with Crippen molar-refractivity contribution in [1.29, 1.82) is 0 Å². The number of oxime groups is 1. The van der Waals surface area contributed by atoms with E-state index in [2.05, 4.69) is 20.5 Å². The van der Waals surface area contributed by atoms with Gasteiger partial charge >= 0.3 is 6.09 Å². The third-order valence-corrected chi connectivity index (χ3v) is 6.51. The molecule has 37 heavy (non-hydrogen) atoms. The number of hydrogen-bond donors (Lipinski definition) is 0. The normalized spacial score (nSPS) is 24.7. The van der Waals surface area contributed by atoms with Gasteiger partial charge in [-0.2, -0.15) is 0 Å². The highest BCUT2D eigenvalue weighted by Crippen LogP contribution is 2.31. The van der Waals surface area contributed by atoms with Crippen LogP contribution in [0.1, 0.15) is 26.0 Å². The molecule has 2 saturated heterocycles. The van der Waals surface area contributed by atoms with Crippen LogP contribution in [0.4, 0.5) is 14.9 Å². The number of amides is 1. The van der Waals surface area contributed by atoms with Gasteiger partial charge in [0, 0.05) is 29.9 Å². The molecule has 0 bridgehead atoms. The van der Waals surface area contributed by atoms with E-state index in [9.17, 15) is 4.79 Å². The molecular weight excluding hydrogens is 483 g/mol. The maximum Gasteiger partial charge on any atom is 0.414 e. The Labute approximate surface area is 211 Å². The van der Waals surface area contributed by atoms with Crippen LogP contribution in [0.3, 0.4) is 0 Å². The molecule has 2 fully saturated rings. The van der Waals surface area contributed by atoms with E-state index >= 15 is 4.39 Å². The smallest absolute Gasteiger partial charge is 0.414 e. The number of rotatable bonds is 6. The average molecular weight is 509 g/mol. The first-order valence-electron chi connectivity index (χ1n) is 12.0. The summed E-state index contributed by atoms with van der Waals surface area (Å²) >= 11 is 0. The third-order valence-electron chi connectivity index (χ3n) is 6.51. The second-order valence-corrected chi connectivity index (χ2v) is 9.59. The molecule has 3 aromatic rings. The van der Waals surface area contributed by atoms with Gasteiger partial charge in [-0.3, -0.25) is 9.88 Å². The molecule has 12 heteroatoms. The van der Waals surface area contributed by atoms with Gasteiger partial charge in [0.05, 0.1) is 37.3 Å². The SMILES string of the molecule is CC1(C)OC[C@H]([C@@H]2CC(c3ccc(-c4ccc(N5C[C@H](Cn6ccnn6)OC5=O)cc4F)cn3)=NO2)O1. The summed E-state index contributed by atoms with van der Waals surface area (Å²) in [7, 11) is 0. The third kappa shape index (κ3) is 4.77. The number of pyridine rings is 1. The quantitative estimate of drug-likeness (QED) is 0.499. The summed E-state index contributed by atoms with van der Waals surface area (Å²) in [6.07, 6.45) is 4.01. The molecular formula is C25H25FN6O5. The molecule has 0 radical (unpaired) electrons. The van der Waals surface area contributed by atoms with Crippen molar-refractivity contribution in [3.8, 4) is 11.1 Å². The fraction of sp³-hybridized carbons (Fsp3) is 0.400. The standard InChI is InChI=1S/C25H25FN6O5/c1-25(2)34-14-23(36-25)22-10-21(29-37-22)20-6-3-15(11-27-20)18-5-4-16(9-19(18)26)32-13-17(35-24(32)33)12-31-8-7-28-30-31/h3-9,11,17,22-23H,10,12-14H2,1-2H3/t17-,22-,23+/m0/s1. The minimum Gasteiger partial charge on any atom is -0.442 e. The van der Waals surface area contributed by atoms with E-state index in [0.29, 0.717) is 47.8 Å². The number of benzene rings is 1. The highest BCUT2D eigenvalue weighted by Gasteiger charge is 2.41. The molecule has 0 unspecified atom stereocenters. The Morgan fingerprint density at radius 1 is 1.19 bits per heavy atom. The predicted molar refractivity (Wildman–Crippen MR) is 128 cm³/mol. The molecule has 0 aliphatic carbocycles. The number of carbonyl (C=O) groups excluding carboxylic acids is 1. The van der Waals surface area contributed by atoms with Crippen molar-refractivity contribution in [3.05, 3.63) is 60.4 Å². The molecule has 0 spiro atoms. The Kier molecular flexibility index (Phi) is 5.84. The van der Waals surface area contributed by atoms with Crippen LogP contribution >= 0.6 is 0 Å². The lowest BCUT2D eigenvalue weighted by molar-refractivity contribution is -0.153. The summed E-state index contributed by atoms with van der Waals surface area (Å²) in [5.41, 5.74) is 2.75. The van der Waals surface area contributed by atoms with Crippen LogP contribution in [0.25, 0.3) is 11.1 Å². The first kappa shape index (κ1) is 23.5. The summed E-state index contributed by atoms with van der Waals surface area (Å²) < 4.78 is 33.6. The summed E-state index contributed by atoms with van der Waals surface area (Å²) in [5.74, 6) is -1.10. The fourth-order valence-corrected chi connectivity index (χ4v) is 4.64. The second kappa shape index (κ2) is 9.20. The van der Waals surface area contributed by atoms with Crippen LogP contribution in [0.5, 0.6) is 0 Å². The predicted octanol–water partition coefficient (Wildman–Crippen LogP) is 3.15. The molecule has 1 aromatic carbocycles. The number of anilines is 1. The minimum atomic E-state index is -0.634. The molecule has 0 saturated carbocycles. The van der Waals surface area contributed by atoms with Crippen molar-refractivity contribution >= 4 is 17.5 Å². The lowest BCUT2D eigenvalue weighted by Gasteiger charge is -2.19. The Morgan fingerprint density at radius 3 is 2.78 bits per heavy atom. The van der Waals surface area contributed by atoms with Crippen molar-refractivity contribution in [2.45, 2.75) is 50.9 Å². The molecule has 3 atom stereocenters. The highest BCUT2D eigenvalue weighted by atomic mass is 19.1.